The van der Waals surface area contributed by atoms with Gasteiger partial charge in [-0.3, -0.25) is 9.69 Å². The highest BCUT2D eigenvalue weighted by Gasteiger charge is 2.17. The molecule has 0 bridgehead atoms. The summed E-state index contributed by atoms with van der Waals surface area (Å²) in [5.41, 5.74) is 9.33. The summed E-state index contributed by atoms with van der Waals surface area (Å²) < 4.78 is 10.2. The molecule has 0 spiro atoms. The average molecular weight is 546 g/mol. The molecule has 210 valence electrons. The van der Waals surface area contributed by atoms with Crippen molar-refractivity contribution in [3.8, 4) is 0 Å². The fraction of sp³-hybridized carbons (Fsp3) is 0.300. The number of nitrogen functional groups attached to an aromatic ring is 1. The number of urea groups is 1. The van der Waals surface area contributed by atoms with Crippen molar-refractivity contribution in [2.45, 2.75) is 13.0 Å². The van der Waals surface area contributed by atoms with Crippen LogP contribution in [-0.4, -0.2) is 74.2 Å². The molecule has 0 atom stereocenters. The smallest absolute Gasteiger partial charge is 0.337 e. The van der Waals surface area contributed by atoms with E-state index < -0.39 is 5.97 Å². The number of para-hydroxylation sites is 2. The lowest BCUT2D eigenvalue weighted by atomic mass is 10.1. The number of esters is 1. The van der Waals surface area contributed by atoms with Crippen LogP contribution < -0.4 is 16.4 Å². The Morgan fingerprint density at radius 3 is 2.27 bits per heavy atom. The molecule has 3 amide bonds. The number of ether oxygens (including phenoxy) is 2. The lowest BCUT2D eigenvalue weighted by molar-refractivity contribution is 0.0365. The molecule has 4 N–H and O–H groups in total. The van der Waals surface area contributed by atoms with E-state index in [0.29, 0.717) is 41.3 Å². The number of morpholine rings is 1. The first-order chi connectivity index (χ1) is 19.4. The Labute approximate surface area is 234 Å². The second-order valence-electron chi connectivity index (χ2n) is 9.47. The van der Waals surface area contributed by atoms with E-state index >= 15 is 0 Å². The molecule has 3 aromatic carbocycles. The number of amides is 3. The summed E-state index contributed by atoms with van der Waals surface area (Å²) >= 11 is 0. The fourth-order valence-electron chi connectivity index (χ4n) is 4.36. The van der Waals surface area contributed by atoms with Gasteiger partial charge in [-0.05, 0) is 60.5 Å². The molecule has 0 saturated carbocycles. The Kier molecular flexibility index (Phi) is 10.1. The maximum absolute atomic E-state index is 13.3. The number of methoxy groups -OCH3 is 1. The monoisotopic (exact) mass is 545 g/mol. The van der Waals surface area contributed by atoms with E-state index in [9.17, 15) is 14.4 Å². The number of rotatable bonds is 10. The van der Waals surface area contributed by atoms with Crippen LogP contribution in [0.25, 0.3) is 0 Å². The van der Waals surface area contributed by atoms with Crippen LogP contribution in [-0.2, 0) is 16.0 Å². The first-order valence-electron chi connectivity index (χ1n) is 13.2. The molecule has 0 radical (unpaired) electrons. The zero-order valence-corrected chi connectivity index (χ0v) is 22.6. The fourth-order valence-corrected chi connectivity index (χ4v) is 4.36. The van der Waals surface area contributed by atoms with Crippen molar-refractivity contribution in [2.24, 2.45) is 0 Å². The van der Waals surface area contributed by atoms with Crippen LogP contribution in [0, 0.1) is 0 Å². The Hall–Kier alpha value is -4.41. The van der Waals surface area contributed by atoms with Gasteiger partial charge >= 0.3 is 12.0 Å². The molecule has 0 aromatic heterocycles. The van der Waals surface area contributed by atoms with Crippen molar-refractivity contribution in [3.05, 3.63) is 89.5 Å². The van der Waals surface area contributed by atoms with Gasteiger partial charge in [0.15, 0.2) is 0 Å². The SMILES string of the molecule is COC(=O)c1ccc(NC(=O)N(CCCN2CCOCC2)Cc2ccc(C(=O)Nc3ccccc3N)cc2)cc1. The summed E-state index contributed by atoms with van der Waals surface area (Å²) in [5, 5.41) is 5.75. The van der Waals surface area contributed by atoms with Gasteiger partial charge in [0, 0.05) is 44.0 Å². The molecule has 10 heteroatoms. The standard InChI is InChI=1S/C30H35N5O5/c1-39-29(37)24-11-13-25(14-12-24)32-30(38)35(16-4-15-34-17-19-40-20-18-34)21-22-7-9-23(10-8-22)28(36)33-27-6-3-2-5-26(27)31/h2-3,5-14H,4,15-21,31H2,1H3,(H,32,38)(H,33,36). The van der Waals surface area contributed by atoms with Gasteiger partial charge in [-0.2, -0.15) is 0 Å². The molecule has 40 heavy (non-hydrogen) atoms. The topological polar surface area (TPSA) is 126 Å². The predicted molar refractivity (Wildman–Crippen MR) is 154 cm³/mol. The van der Waals surface area contributed by atoms with E-state index in [0.717, 1.165) is 44.8 Å². The second kappa shape index (κ2) is 14.1. The summed E-state index contributed by atoms with van der Waals surface area (Å²) in [4.78, 5) is 41.8. The van der Waals surface area contributed by atoms with E-state index in [1.807, 2.05) is 12.1 Å². The number of nitrogens with zero attached hydrogens (tertiary/aromatic N) is 2. The molecule has 10 nitrogen and oxygen atoms in total. The van der Waals surface area contributed by atoms with Crippen molar-refractivity contribution < 1.29 is 23.9 Å². The number of hydrogen-bond acceptors (Lipinski definition) is 7. The van der Waals surface area contributed by atoms with Gasteiger partial charge in [0.25, 0.3) is 5.91 Å². The van der Waals surface area contributed by atoms with Crippen LogP contribution in [0.1, 0.15) is 32.7 Å². The van der Waals surface area contributed by atoms with Crippen molar-refractivity contribution in [1.82, 2.24) is 9.80 Å². The summed E-state index contributed by atoms with van der Waals surface area (Å²) in [6.45, 7) is 4.99. The van der Waals surface area contributed by atoms with Crippen molar-refractivity contribution >= 4 is 35.0 Å². The van der Waals surface area contributed by atoms with Crippen LogP contribution >= 0.6 is 0 Å². The summed E-state index contributed by atoms with van der Waals surface area (Å²) in [5.74, 6) is -0.702. The lowest BCUT2D eigenvalue weighted by Crippen LogP contribution is -2.40. The highest BCUT2D eigenvalue weighted by molar-refractivity contribution is 6.05. The van der Waals surface area contributed by atoms with Crippen molar-refractivity contribution in [1.29, 1.82) is 0 Å². The summed E-state index contributed by atoms with van der Waals surface area (Å²) in [6, 6.07) is 20.5. The minimum absolute atomic E-state index is 0.255. The Bertz CT molecular complexity index is 1290. The first-order valence-corrected chi connectivity index (χ1v) is 13.2. The van der Waals surface area contributed by atoms with Gasteiger partial charge in [0.1, 0.15) is 0 Å². The Balaban J connectivity index is 1.41. The van der Waals surface area contributed by atoms with E-state index in [4.69, 9.17) is 15.2 Å². The van der Waals surface area contributed by atoms with Crippen LogP contribution in [0.5, 0.6) is 0 Å². The van der Waals surface area contributed by atoms with Crippen molar-refractivity contribution in [3.63, 3.8) is 0 Å². The number of nitrogens with one attached hydrogen (secondary N) is 2. The van der Waals surface area contributed by atoms with Gasteiger partial charge in [-0.25, -0.2) is 9.59 Å². The molecule has 1 heterocycles. The molecule has 3 aromatic rings. The number of anilines is 3. The maximum Gasteiger partial charge on any atom is 0.337 e. The van der Waals surface area contributed by atoms with E-state index in [-0.39, 0.29) is 11.9 Å². The largest absolute Gasteiger partial charge is 0.465 e. The highest BCUT2D eigenvalue weighted by Crippen LogP contribution is 2.19. The Morgan fingerprint density at radius 1 is 0.925 bits per heavy atom. The van der Waals surface area contributed by atoms with Gasteiger partial charge in [0.05, 0.1) is 37.3 Å². The molecular formula is C30H35N5O5. The molecule has 1 aliphatic rings. The third kappa shape index (κ3) is 8.05. The molecule has 4 rings (SSSR count). The molecule has 1 saturated heterocycles. The number of hydrogen-bond donors (Lipinski definition) is 3. The molecule has 1 fully saturated rings. The van der Waals surface area contributed by atoms with Gasteiger partial charge < -0.3 is 30.7 Å². The number of nitrogens with two attached hydrogens (primary N) is 1. The van der Waals surface area contributed by atoms with Gasteiger partial charge in [-0.15, -0.1) is 0 Å². The van der Waals surface area contributed by atoms with Crippen LogP contribution in [0.15, 0.2) is 72.8 Å². The summed E-state index contributed by atoms with van der Waals surface area (Å²) in [6.07, 6.45) is 0.799. The molecule has 0 unspecified atom stereocenters. The predicted octanol–water partition coefficient (Wildman–Crippen LogP) is 4.06. The second-order valence-corrected chi connectivity index (χ2v) is 9.47. The van der Waals surface area contributed by atoms with Gasteiger partial charge in [0.2, 0.25) is 0 Å². The van der Waals surface area contributed by atoms with Crippen molar-refractivity contribution in [2.75, 3.05) is 62.9 Å². The minimum Gasteiger partial charge on any atom is -0.465 e. The highest BCUT2D eigenvalue weighted by atomic mass is 16.5. The van der Waals surface area contributed by atoms with E-state index in [2.05, 4.69) is 15.5 Å². The average Bonchev–Trinajstić information content (AvgIpc) is 2.98. The Morgan fingerprint density at radius 2 is 1.60 bits per heavy atom. The molecule has 0 aliphatic carbocycles. The first kappa shape index (κ1) is 28.6. The summed E-state index contributed by atoms with van der Waals surface area (Å²) in [7, 11) is 1.32. The number of carbonyl (C=O) groups is 3. The third-order valence-corrected chi connectivity index (χ3v) is 6.65. The number of carbonyl (C=O) groups excluding carboxylic acids is 3. The van der Waals surface area contributed by atoms with Gasteiger partial charge in [-0.1, -0.05) is 24.3 Å². The van der Waals surface area contributed by atoms with Crippen LogP contribution in [0.4, 0.5) is 21.9 Å². The van der Waals surface area contributed by atoms with Crippen LogP contribution in [0.3, 0.4) is 0 Å². The zero-order chi connectivity index (χ0) is 28.3. The lowest BCUT2D eigenvalue weighted by Gasteiger charge is -2.28. The minimum atomic E-state index is -0.438. The third-order valence-electron chi connectivity index (χ3n) is 6.65. The molecule has 1 aliphatic heterocycles. The zero-order valence-electron chi connectivity index (χ0n) is 22.6. The number of benzene rings is 3. The van der Waals surface area contributed by atoms with E-state index in [1.165, 1.54) is 7.11 Å². The quantitative estimate of drug-likeness (QED) is 0.259. The molecular weight excluding hydrogens is 510 g/mol. The normalized spacial score (nSPS) is 13.3. The maximum atomic E-state index is 13.3. The van der Waals surface area contributed by atoms with E-state index in [1.54, 1.807) is 65.6 Å². The van der Waals surface area contributed by atoms with Crippen LogP contribution in [0.2, 0.25) is 0 Å².